The van der Waals surface area contributed by atoms with E-state index in [4.69, 9.17) is 22.4 Å². The van der Waals surface area contributed by atoms with Crippen molar-refractivity contribution >= 4 is 11.6 Å². The lowest BCUT2D eigenvalue weighted by Gasteiger charge is -2.09. The number of nitrogens with one attached hydrogen (secondary N) is 1. The molecule has 1 aromatic carbocycles. The number of rotatable bonds is 5. The van der Waals surface area contributed by atoms with Gasteiger partial charge in [-0.1, -0.05) is 17.7 Å². The van der Waals surface area contributed by atoms with E-state index in [1.54, 1.807) is 12.1 Å². The highest BCUT2D eigenvalue weighted by Gasteiger charge is 2.02. The molecule has 0 bridgehead atoms. The summed E-state index contributed by atoms with van der Waals surface area (Å²) >= 11 is 5.61. The number of hydrogen-bond acceptors (Lipinski definition) is 3. The Bertz CT molecular complexity index is 322. The third kappa shape index (κ3) is 4.13. The van der Waals surface area contributed by atoms with Gasteiger partial charge in [0.2, 0.25) is 0 Å². The lowest BCUT2D eigenvalue weighted by Crippen LogP contribution is -2.32. The second kappa shape index (κ2) is 6.02. The molecule has 0 radical (unpaired) electrons. The summed E-state index contributed by atoms with van der Waals surface area (Å²) in [5, 5.41) is 12.3. The van der Waals surface area contributed by atoms with E-state index >= 15 is 0 Å². The second-order valence-electron chi connectivity index (χ2n) is 3.27. The number of halogens is 2. The second-order valence-corrected chi connectivity index (χ2v) is 3.68. The summed E-state index contributed by atoms with van der Waals surface area (Å²) in [7, 11) is 0. The molecule has 0 aliphatic rings. The smallest absolute Gasteiger partial charge is 0.141 e. The van der Waals surface area contributed by atoms with Crippen molar-refractivity contribution in [1.82, 2.24) is 5.32 Å². The van der Waals surface area contributed by atoms with Crippen LogP contribution in [0.5, 0.6) is 0 Å². The third-order valence-corrected chi connectivity index (χ3v) is 2.25. The molecule has 0 heterocycles. The van der Waals surface area contributed by atoms with E-state index in [1.165, 1.54) is 6.07 Å². The number of aliphatic hydroxyl groups excluding tert-OH is 1. The number of nitrogens with two attached hydrogens (primary N) is 1. The van der Waals surface area contributed by atoms with Gasteiger partial charge < -0.3 is 16.2 Å². The Morgan fingerprint density at radius 1 is 1.53 bits per heavy atom. The minimum absolute atomic E-state index is 0.105. The van der Waals surface area contributed by atoms with E-state index in [0.29, 0.717) is 13.1 Å². The number of hydrogen-bond donors (Lipinski definition) is 3. The van der Waals surface area contributed by atoms with Gasteiger partial charge in [-0.05, 0) is 17.7 Å². The molecule has 5 heteroatoms. The van der Waals surface area contributed by atoms with Gasteiger partial charge in [-0.2, -0.15) is 0 Å². The van der Waals surface area contributed by atoms with Gasteiger partial charge in [-0.15, -0.1) is 0 Å². The molecule has 0 spiro atoms. The molecule has 0 fully saturated rings. The average molecular weight is 233 g/mol. The Morgan fingerprint density at radius 3 is 2.87 bits per heavy atom. The molecular weight excluding hydrogens is 219 g/mol. The Kier molecular flexibility index (Phi) is 4.98. The quantitative estimate of drug-likeness (QED) is 0.707. The van der Waals surface area contributed by atoms with Crippen LogP contribution in [0.15, 0.2) is 18.2 Å². The van der Waals surface area contributed by atoms with E-state index in [9.17, 15) is 4.39 Å². The van der Waals surface area contributed by atoms with Crippen LogP contribution in [-0.4, -0.2) is 24.3 Å². The highest BCUT2D eigenvalue weighted by atomic mass is 35.5. The van der Waals surface area contributed by atoms with Crippen LogP contribution in [0.2, 0.25) is 5.02 Å². The molecule has 0 aromatic heterocycles. The molecular formula is C10H14ClFN2O. The van der Waals surface area contributed by atoms with Gasteiger partial charge in [0.05, 0.1) is 11.1 Å². The third-order valence-electron chi connectivity index (χ3n) is 1.97. The van der Waals surface area contributed by atoms with Crippen molar-refractivity contribution in [2.24, 2.45) is 5.73 Å². The maximum Gasteiger partial charge on any atom is 0.141 e. The Morgan fingerprint density at radius 2 is 2.27 bits per heavy atom. The van der Waals surface area contributed by atoms with Crippen LogP contribution < -0.4 is 11.1 Å². The summed E-state index contributed by atoms with van der Waals surface area (Å²) < 4.78 is 12.8. The summed E-state index contributed by atoms with van der Waals surface area (Å²) in [4.78, 5) is 0. The van der Waals surface area contributed by atoms with Crippen molar-refractivity contribution in [3.05, 3.63) is 34.6 Å². The van der Waals surface area contributed by atoms with Crippen LogP contribution >= 0.6 is 11.6 Å². The van der Waals surface area contributed by atoms with Crippen molar-refractivity contribution in [1.29, 1.82) is 0 Å². The first-order valence-electron chi connectivity index (χ1n) is 4.66. The topological polar surface area (TPSA) is 58.3 Å². The SMILES string of the molecule is NCC(O)CNCc1ccc(F)c(Cl)c1. The summed E-state index contributed by atoms with van der Waals surface area (Å²) in [5.74, 6) is -0.428. The van der Waals surface area contributed by atoms with Gasteiger partial charge in [0.15, 0.2) is 0 Å². The van der Waals surface area contributed by atoms with Crippen LogP contribution in [-0.2, 0) is 6.54 Å². The summed E-state index contributed by atoms with van der Waals surface area (Å²) in [6.45, 7) is 1.15. The van der Waals surface area contributed by atoms with Crippen LogP contribution in [0.25, 0.3) is 0 Å². The Labute approximate surface area is 93.0 Å². The molecule has 0 aliphatic heterocycles. The van der Waals surface area contributed by atoms with Crippen molar-refractivity contribution in [3.63, 3.8) is 0 Å². The lowest BCUT2D eigenvalue weighted by molar-refractivity contribution is 0.179. The molecule has 0 saturated heterocycles. The van der Waals surface area contributed by atoms with Crippen molar-refractivity contribution in [2.45, 2.75) is 12.6 Å². The minimum Gasteiger partial charge on any atom is -0.390 e. The monoisotopic (exact) mass is 232 g/mol. The molecule has 4 N–H and O–H groups in total. The molecule has 0 aliphatic carbocycles. The van der Waals surface area contributed by atoms with Gasteiger partial charge in [-0.3, -0.25) is 0 Å². The number of benzene rings is 1. The van der Waals surface area contributed by atoms with E-state index < -0.39 is 11.9 Å². The van der Waals surface area contributed by atoms with E-state index in [1.807, 2.05) is 0 Å². The standard InChI is InChI=1S/C10H14ClFN2O/c11-9-3-7(1-2-10(9)12)5-14-6-8(15)4-13/h1-3,8,14-15H,4-6,13H2. The van der Waals surface area contributed by atoms with Crippen molar-refractivity contribution in [2.75, 3.05) is 13.1 Å². The van der Waals surface area contributed by atoms with Crippen LogP contribution in [0.4, 0.5) is 4.39 Å². The van der Waals surface area contributed by atoms with Gasteiger partial charge >= 0.3 is 0 Å². The first-order valence-corrected chi connectivity index (χ1v) is 5.04. The number of aliphatic hydroxyl groups is 1. The highest BCUT2D eigenvalue weighted by molar-refractivity contribution is 6.30. The summed E-state index contributed by atoms with van der Waals surface area (Å²) in [6, 6.07) is 4.51. The summed E-state index contributed by atoms with van der Waals surface area (Å²) in [6.07, 6.45) is -0.555. The fraction of sp³-hybridized carbons (Fsp3) is 0.400. The predicted octanol–water partition coefficient (Wildman–Crippen LogP) is 0.888. The van der Waals surface area contributed by atoms with Gasteiger partial charge in [0, 0.05) is 19.6 Å². The molecule has 84 valence electrons. The maximum atomic E-state index is 12.8. The molecule has 1 aromatic rings. The average Bonchev–Trinajstić information content (AvgIpc) is 2.23. The Hall–Kier alpha value is -0.680. The minimum atomic E-state index is -0.555. The molecule has 1 unspecified atom stereocenters. The maximum absolute atomic E-state index is 12.8. The summed E-state index contributed by atoms with van der Waals surface area (Å²) in [5.41, 5.74) is 6.10. The van der Waals surface area contributed by atoms with Crippen LogP contribution in [0, 0.1) is 5.82 Å². The van der Waals surface area contributed by atoms with Crippen LogP contribution in [0.1, 0.15) is 5.56 Å². The molecule has 15 heavy (non-hydrogen) atoms. The fourth-order valence-electron chi connectivity index (χ4n) is 1.12. The molecule has 0 amide bonds. The molecule has 1 atom stereocenters. The largest absolute Gasteiger partial charge is 0.390 e. The Balaban J connectivity index is 2.41. The molecule has 1 rings (SSSR count). The van der Waals surface area contributed by atoms with E-state index in [-0.39, 0.29) is 11.6 Å². The zero-order chi connectivity index (χ0) is 11.3. The van der Waals surface area contributed by atoms with E-state index in [0.717, 1.165) is 5.56 Å². The lowest BCUT2D eigenvalue weighted by atomic mass is 10.2. The molecule has 3 nitrogen and oxygen atoms in total. The predicted molar refractivity (Wildman–Crippen MR) is 58.2 cm³/mol. The first-order chi connectivity index (χ1) is 7.13. The van der Waals surface area contributed by atoms with Gasteiger partial charge in [0.1, 0.15) is 5.82 Å². The zero-order valence-corrected chi connectivity index (χ0v) is 8.97. The van der Waals surface area contributed by atoms with Gasteiger partial charge in [-0.25, -0.2) is 4.39 Å². The fourth-order valence-corrected chi connectivity index (χ4v) is 1.32. The van der Waals surface area contributed by atoms with Crippen LogP contribution in [0.3, 0.4) is 0 Å². The first kappa shape index (κ1) is 12.4. The zero-order valence-electron chi connectivity index (χ0n) is 8.21. The normalized spacial score (nSPS) is 12.8. The van der Waals surface area contributed by atoms with Crippen molar-refractivity contribution in [3.8, 4) is 0 Å². The highest BCUT2D eigenvalue weighted by Crippen LogP contribution is 2.15. The van der Waals surface area contributed by atoms with Crippen molar-refractivity contribution < 1.29 is 9.50 Å². The van der Waals surface area contributed by atoms with Gasteiger partial charge in [0.25, 0.3) is 0 Å². The van der Waals surface area contributed by atoms with E-state index in [2.05, 4.69) is 5.32 Å². The molecule has 0 saturated carbocycles.